The van der Waals surface area contributed by atoms with Crippen molar-refractivity contribution in [1.82, 2.24) is 4.57 Å². The van der Waals surface area contributed by atoms with Crippen LogP contribution in [-0.4, -0.2) is 56.5 Å². The van der Waals surface area contributed by atoms with Crippen molar-refractivity contribution in [2.24, 2.45) is 4.99 Å². The van der Waals surface area contributed by atoms with Gasteiger partial charge in [0.25, 0.3) is 5.56 Å². The first-order chi connectivity index (χ1) is 23.7. The van der Waals surface area contributed by atoms with Crippen molar-refractivity contribution in [3.8, 4) is 23.0 Å². The third-order valence-electron chi connectivity index (χ3n) is 7.39. The molecule has 5 rings (SSSR count). The average Bonchev–Trinajstić information content (AvgIpc) is 3.41. The van der Waals surface area contributed by atoms with E-state index >= 15 is 0 Å². The van der Waals surface area contributed by atoms with Crippen LogP contribution in [0.1, 0.15) is 48.3 Å². The SMILES string of the molecule is CCOC(=O)C1=C(C)N=c2s/c(=C/c3ccc(OC(=O)c4ccc(OC)cc4)cc3)c(=O)n2[C@@H]1c1ccc(OCC(=O)OC)c(OCC)c1. The van der Waals surface area contributed by atoms with Crippen LogP contribution >= 0.6 is 11.3 Å². The van der Waals surface area contributed by atoms with Crippen molar-refractivity contribution in [2.75, 3.05) is 34.0 Å². The Kier molecular flexibility index (Phi) is 10.9. The Hall–Kier alpha value is -5.69. The zero-order valence-corrected chi connectivity index (χ0v) is 28.3. The first-order valence-electron chi connectivity index (χ1n) is 15.3. The van der Waals surface area contributed by atoms with Crippen LogP contribution in [0.25, 0.3) is 6.08 Å². The molecule has 2 heterocycles. The molecule has 13 heteroatoms. The van der Waals surface area contributed by atoms with Crippen LogP contribution < -0.4 is 33.8 Å². The number of aromatic nitrogens is 1. The minimum absolute atomic E-state index is 0.128. The number of methoxy groups -OCH3 is 2. The van der Waals surface area contributed by atoms with Crippen LogP contribution in [0.3, 0.4) is 0 Å². The van der Waals surface area contributed by atoms with Crippen molar-refractivity contribution < 1.29 is 42.8 Å². The van der Waals surface area contributed by atoms with Gasteiger partial charge in [0, 0.05) is 0 Å². The highest BCUT2D eigenvalue weighted by Gasteiger charge is 2.34. The van der Waals surface area contributed by atoms with Gasteiger partial charge in [-0.05, 0) is 86.5 Å². The van der Waals surface area contributed by atoms with Crippen molar-refractivity contribution >= 4 is 35.3 Å². The lowest BCUT2D eigenvalue weighted by Crippen LogP contribution is -2.40. The summed E-state index contributed by atoms with van der Waals surface area (Å²) >= 11 is 1.17. The minimum Gasteiger partial charge on any atom is -0.497 e. The summed E-state index contributed by atoms with van der Waals surface area (Å²) in [4.78, 5) is 56.7. The van der Waals surface area contributed by atoms with Crippen LogP contribution in [0.4, 0.5) is 0 Å². The Morgan fingerprint density at radius 1 is 0.878 bits per heavy atom. The van der Waals surface area contributed by atoms with E-state index in [2.05, 4.69) is 9.73 Å². The molecule has 1 aliphatic rings. The smallest absolute Gasteiger partial charge is 0.343 e. The maximum Gasteiger partial charge on any atom is 0.343 e. The largest absolute Gasteiger partial charge is 0.497 e. The Morgan fingerprint density at radius 3 is 2.24 bits per heavy atom. The van der Waals surface area contributed by atoms with Crippen molar-refractivity contribution in [1.29, 1.82) is 0 Å². The highest BCUT2D eigenvalue weighted by molar-refractivity contribution is 7.07. The summed E-state index contributed by atoms with van der Waals surface area (Å²) in [5, 5.41) is 0. The molecule has 0 N–H and O–H groups in total. The molecule has 0 saturated heterocycles. The Bertz CT molecular complexity index is 2080. The highest BCUT2D eigenvalue weighted by atomic mass is 32.1. The van der Waals surface area contributed by atoms with Crippen LogP contribution in [-0.2, 0) is 19.1 Å². The number of allylic oxidation sites excluding steroid dienone is 1. The van der Waals surface area contributed by atoms with Crippen LogP contribution in [0.15, 0.2) is 87.8 Å². The Balaban J connectivity index is 1.51. The fourth-order valence-corrected chi connectivity index (χ4v) is 6.11. The molecule has 1 atom stereocenters. The first-order valence-corrected chi connectivity index (χ1v) is 16.1. The standard InChI is InChI=1S/C36H34N2O10S/c1-6-45-28-19-24(12-17-27(28)47-20-30(39)44-5)32-31(35(42)46-7-2)21(3)37-36-38(32)33(40)29(49-36)18-22-8-13-26(14-9-22)48-34(41)23-10-15-25(43-4)16-11-23/h8-19,32H,6-7,20H2,1-5H3/b29-18+/t32-/m1/s1. The van der Waals surface area contributed by atoms with Gasteiger partial charge in [-0.15, -0.1) is 0 Å². The average molecular weight is 687 g/mol. The molecule has 0 unspecified atom stereocenters. The van der Waals surface area contributed by atoms with Gasteiger partial charge in [-0.3, -0.25) is 9.36 Å². The third-order valence-corrected chi connectivity index (χ3v) is 8.37. The number of ether oxygens (including phenoxy) is 6. The lowest BCUT2D eigenvalue weighted by molar-refractivity contribution is -0.143. The molecule has 0 bridgehead atoms. The number of esters is 3. The number of hydrogen-bond donors (Lipinski definition) is 0. The molecular weight excluding hydrogens is 652 g/mol. The molecule has 0 radical (unpaired) electrons. The predicted octanol–water partition coefficient (Wildman–Crippen LogP) is 3.98. The second-order valence-electron chi connectivity index (χ2n) is 10.5. The summed E-state index contributed by atoms with van der Waals surface area (Å²) < 4.78 is 34.0. The lowest BCUT2D eigenvalue weighted by Gasteiger charge is -2.25. The fraction of sp³-hybridized carbons (Fsp3) is 0.250. The van der Waals surface area contributed by atoms with Crippen LogP contribution in [0, 0.1) is 0 Å². The van der Waals surface area contributed by atoms with Gasteiger partial charge < -0.3 is 28.4 Å². The van der Waals surface area contributed by atoms with E-state index in [9.17, 15) is 19.2 Å². The van der Waals surface area contributed by atoms with E-state index in [-0.39, 0.29) is 24.3 Å². The van der Waals surface area contributed by atoms with Gasteiger partial charge >= 0.3 is 17.9 Å². The summed E-state index contributed by atoms with van der Waals surface area (Å²) in [6.45, 7) is 5.28. The normalized spacial score (nSPS) is 14.0. The van der Waals surface area contributed by atoms with E-state index in [4.69, 9.17) is 23.7 Å². The van der Waals surface area contributed by atoms with E-state index in [0.717, 1.165) is 0 Å². The van der Waals surface area contributed by atoms with E-state index in [1.807, 2.05) is 0 Å². The predicted molar refractivity (Wildman–Crippen MR) is 180 cm³/mol. The van der Waals surface area contributed by atoms with Gasteiger partial charge in [-0.1, -0.05) is 29.5 Å². The number of rotatable bonds is 12. The number of benzene rings is 3. The molecule has 0 saturated carbocycles. The molecule has 0 amide bonds. The van der Waals surface area contributed by atoms with Crippen molar-refractivity contribution in [2.45, 2.75) is 26.8 Å². The Morgan fingerprint density at radius 2 is 1.59 bits per heavy atom. The molecule has 254 valence electrons. The Labute approximate surface area is 285 Å². The van der Waals surface area contributed by atoms with Crippen LogP contribution in [0.2, 0.25) is 0 Å². The number of carbonyl (C=O) groups excluding carboxylic acids is 3. The molecule has 12 nitrogen and oxygen atoms in total. The van der Waals surface area contributed by atoms with E-state index in [1.165, 1.54) is 23.0 Å². The summed E-state index contributed by atoms with van der Waals surface area (Å²) in [7, 11) is 2.80. The van der Waals surface area contributed by atoms with E-state index in [0.29, 0.717) is 61.3 Å². The number of carbonyl (C=O) groups is 3. The monoisotopic (exact) mass is 686 g/mol. The van der Waals surface area contributed by atoms with Gasteiger partial charge in [0.1, 0.15) is 11.5 Å². The maximum atomic E-state index is 14.1. The first kappa shape index (κ1) is 34.6. The quantitative estimate of drug-likeness (QED) is 0.159. The number of hydrogen-bond acceptors (Lipinski definition) is 12. The molecule has 49 heavy (non-hydrogen) atoms. The van der Waals surface area contributed by atoms with Gasteiger partial charge in [0.05, 0.1) is 54.8 Å². The number of thiazole rings is 1. The topological polar surface area (TPSA) is 141 Å². The van der Waals surface area contributed by atoms with Crippen molar-refractivity contribution in [3.63, 3.8) is 0 Å². The second-order valence-corrected chi connectivity index (χ2v) is 11.5. The molecule has 0 aliphatic carbocycles. The molecule has 3 aromatic carbocycles. The highest BCUT2D eigenvalue weighted by Crippen LogP contribution is 2.36. The fourth-order valence-electron chi connectivity index (χ4n) is 5.06. The lowest BCUT2D eigenvalue weighted by atomic mass is 9.95. The van der Waals surface area contributed by atoms with E-state index < -0.39 is 23.9 Å². The van der Waals surface area contributed by atoms with Gasteiger partial charge in [0.2, 0.25) is 0 Å². The van der Waals surface area contributed by atoms with Crippen molar-refractivity contribution in [3.05, 3.63) is 114 Å². The summed E-state index contributed by atoms with van der Waals surface area (Å²) in [5.41, 5.74) is 1.83. The van der Waals surface area contributed by atoms with Gasteiger partial charge in [0.15, 0.2) is 22.9 Å². The molecule has 1 aliphatic heterocycles. The minimum atomic E-state index is -0.897. The zero-order chi connectivity index (χ0) is 35.1. The molecule has 4 aromatic rings. The van der Waals surface area contributed by atoms with Gasteiger partial charge in [-0.2, -0.15) is 0 Å². The number of nitrogens with zero attached hydrogens (tertiary/aromatic N) is 2. The molecular formula is C36H34N2O10S. The zero-order valence-electron chi connectivity index (χ0n) is 27.5. The third kappa shape index (κ3) is 7.73. The summed E-state index contributed by atoms with van der Waals surface area (Å²) in [6, 6.07) is 17.4. The molecule has 0 fully saturated rings. The van der Waals surface area contributed by atoms with Crippen LogP contribution in [0.5, 0.6) is 23.0 Å². The summed E-state index contributed by atoms with van der Waals surface area (Å²) in [6.07, 6.45) is 1.70. The summed E-state index contributed by atoms with van der Waals surface area (Å²) in [5.74, 6) is -0.125. The van der Waals surface area contributed by atoms with E-state index in [1.54, 1.807) is 101 Å². The number of fused-ring (bicyclic) bond motifs is 1. The molecule has 1 aromatic heterocycles. The molecule has 0 spiro atoms. The second kappa shape index (κ2) is 15.5. The van der Waals surface area contributed by atoms with Gasteiger partial charge in [-0.25, -0.2) is 19.4 Å². The maximum absolute atomic E-state index is 14.1.